The SMILES string of the molecule is CC(C)(C)[C@H](NC=O)C(=O)N1CCCC1C(=O)N[C@@H](CC1CCC1)C(=O)C(=O)NC1CC1.CNCC1CC1.Cc1cnn(C)c1-c1nc2ccsc2c(=O)[nH]1. The zero-order chi connectivity index (χ0) is 39.9. The summed E-state index contributed by atoms with van der Waals surface area (Å²) in [5.41, 5.74) is 1.95. The van der Waals surface area contributed by atoms with Crippen LogP contribution in [0.4, 0.5) is 0 Å². The maximum absolute atomic E-state index is 13.2. The van der Waals surface area contributed by atoms with E-state index in [0.29, 0.717) is 48.7 Å². The van der Waals surface area contributed by atoms with Gasteiger partial charge in [-0.1, -0.05) is 40.0 Å². The van der Waals surface area contributed by atoms with E-state index in [0.717, 1.165) is 54.8 Å². The van der Waals surface area contributed by atoms with Crippen LogP contribution >= 0.6 is 11.3 Å². The van der Waals surface area contributed by atoms with Crippen LogP contribution in [0.3, 0.4) is 0 Å². The van der Waals surface area contributed by atoms with Crippen molar-refractivity contribution < 1.29 is 24.0 Å². The average Bonchev–Trinajstić information content (AvgIpc) is 3.97. The van der Waals surface area contributed by atoms with Gasteiger partial charge in [-0.3, -0.25) is 33.4 Å². The Morgan fingerprint density at radius 3 is 2.33 bits per heavy atom. The zero-order valence-corrected chi connectivity index (χ0v) is 33.7. The van der Waals surface area contributed by atoms with Crippen molar-refractivity contribution in [2.45, 2.75) is 116 Å². The molecule has 4 aliphatic rings. The first-order chi connectivity index (χ1) is 26.2. The van der Waals surface area contributed by atoms with Gasteiger partial charge in [-0.15, -0.1) is 11.3 Å². The van der Waals surface area contributed by atoms with Crippen molar-refractivity contribution in [3.05, 3.63) is 33.6 Å². The highest BCUT2D eigenvalue weighted by atomic mass is 32.1. The summed E-state index contributed by atoms with van der Waals surface area (Å²) >= 11 is 1.40. The lowest BCUT2D eigenvalue weighted by molar-refractivity contribution is -0.144. The van der Waals surface area contributed by atoms with E-state index in [-0.39, 0.29) is 17.5 Å². The van der Waals surface area contributed by atoms with Crippen LogP contribution in [0.15, 0.2) is 22.4 Å². The molecular formula is C39H57N9O6S. The Bertz CT molecular complexity index is 1870. The van der Waals surface area contributed by atoms with Gasteiger partial charge >= 0.3 is 0 Å². The van der Waals surface area contributed by atoms with Gasteiger partial charge in [0.2, 0.25) is 24.0 Å². The fourth-order valence-corrected chi connectivity index (χ4v) is 7.64. The van der Waals surface area contributed by atoms with Gasteiger partial charge in [0.15, 0.2) is 5.82 Å². The van der Waals surface area contributed by atoms with Crippen molar-refractivity contribution in [1.82, 2.24) is 45.9 Å². The number of aromatic amines is 1. The molecule has 4 heterocycles. The van der Waals surface area contributed by atoms with Crippen LogP contribution in [0, 0.1) is 24.2 Å². The fraction of sp³-hybridized carbons (Fsp3) is 0.641. The number of H-pyrrole nitrogens is 1. The summed E-state index contributed by atoms with van der Waals surface area (Å²) < 4.78 is 2.37. The van der Waals surface area contributed by atoms with Gasteiger partial charge in [0.05, 0.1) is 17.8 Å². The molecule has 0 bridgehead atoms. The number of aryl methyl sites for hydroxylation is 2. The first-order valence-corrected chi connectivity index (χ1v) is 20.4. The summed E-state index contributed by atoms with van der Waals surface area (Å²) in [7, 11) is 3.85. The summed E-state index contributed by atoms with van der Waals surface area (Å²) in [6.07, 6.45) is 11.6. The van der Waals surface area contributed by atoms with Crippen LogP contribution in [0.2, 0.25) is 0 Å². The minimum Gasteiger partial charge on any atom is -0.347 e. The average molecular weight is 780 g/mol. The molecule has 4 fully saturated rings. The molecule has 55 heavy (non-hydrogen) atoms. The van der Waals surface area contributed by atoms with Crippen LogP contribution in [0.5, 0.6) is 0 Å². The topological polar surface area (TPSA) is 200 Å². The van der Waals surface area contributed by atoms with Gasteiger partial charge in [0.25, 0.3) is 11.5 Å². The Hall–Kier alpha value is -4.44. The molecule has 1 aliphatic heterocycles. The molecular weight excluding hydrogens is 723 g/mol. The number of carbonyl (C=O) groups is 5. The molecule has 16 heteroatoms. The summed E-state index contributed by atoms with van der Waals surface area (Å²) in [5.74, 6) is -0.0421. The summed E-state index contributed by atoms with van der Waals surface area (Å²) in [4.78, 5) is 83.2. The van der Waals surface area contributed by atoms with E-state index in [1.807, 2.05) is 53.2 Å². The quantitative estimate of drug-likeness (QED) is 0.128. The number of nitrogens with zero attached hydrogens (tertiary/aromatic N) is 4. The number of aromatic nitrogens is 4. The molecule has 3 aromatic heterocycles. The number of hydrogen-bond donors (Lipinski definition) is 5. The highest BCUT2D eigenvalue weighted by Gasteiger charge is 2.42. The standard InChI is InChI=1S/C23H36N4O5.C11H10N4OS.C5H11N/c1-23(2,3)19(24-13-28)22(32)27-11-5-8-17(27)20(30)26-16(12-14-6-4-7-14)18(29)21(31)25-15-9-10-15;1-6-5-12-15(2)8(6)10-13-7-3-4-17-9(7)11(16)14-10;1-6-4-5-2-3-5/h13-17,19H,4-12H2,1-3H3,(H,24,28)(H,25,31)(H,26,30);3-5H,1-2H3,(H,13,14,16);5-6H,2-4H2,1H3/t16-,17?,19+;;/m0../s1. The minimum absolute atomic E-state index is 0.0640. The van der Waals surface area contributed by atoms with Crippen molar-refractivity contribution in [3.8, 4) is 11.5 Å². The number of thiophene rings is 1. The third-order valence-corrected chi connectivity index (χ3v) is 11.5. The predicted molar refractivity (Wildman–Crippen MR) is 211 cm³/mol. The molecule has 3 saturated carbocycles. The van der Waals surface area contributed by atoms with E-state index in [4.69, 9.17) is 0 Å². The Morgan fingerprint density at radius 2 is 1.78 bits per heavy atom. The third kappa shape index (κ3) is 11.1. The predicted octanol–water partition coefficient (Wildman–Crippen LogP) is 2.97. The molecule has 3 atom stereocenters. The Morgan fingerprint density at radius 1 is 1.05 bits per heavy atom. The van der Waals surface area contributed by atoms with E-state index in [1.54, 1.807) is 10.9 Å². The van der Waals surface area contributed by atoms with Gasteiger partial charge in [-0.25, -0.2) is 4.98 Å². The summed E-state index contributed by atoms with van der Waals surface area (Å²) in [5, 5.41) is 17.2. The number of fused-ring (bicyclic) bond motifs is 1. The van der Waals surface area contributed by atoms with Crippen molar-refractivity contribution in [3.63, 3.8) is 0 Å². The second-order valence-electron chi connectivity index (χ2n) is 16.3. The Labute approximate surface area is 326 Å². The molecule has 0 spiro atoms. The summed E-state index contributed by atoms with van der Waals surface area (Å²) in [6, 6.07) is -0.441. The highest BCUT2D eigenvalue weighted by Crippen LogP contribution is 2.32. The molecule has 0 radical (unpaired) electrons. The normalized spacial score (nSPS) is 19.2. The maximum atomic E-state index is 13.2. The molecule has 0 aromatic carbocycles. The van der Waals surface area contributed by atoms with E-state index in [9.17, 15) is 28.8 Å². The second kappa shape index (κ2) is 18.5. The van der Waals surface area contributed by atoms with Crippen LogP contribution in [-0.4, -0.2) is 98.9 Å². The van der Waals surface area contributed by atoms with E-state index < -0.39 is 41.1 Å². The van der Waals surface area contributed by atoms with Crippen LogP contribution < -0.4 is 26.8 Å². The molecule has 4 amide bonds. The van der Waals surface area contributed by atoms with E-state index >= 15 is 0 Å². The van der Waals surface area contributed by atoms with Gasteiger partial charge in [0.1, 0.15) is 22.5 Å². The van der Waals surface area contributed by atoms with Gasteiger partial charge in [0, 0.05) is 19.6 Å². The largest absolute Gasteiger partial charge is 0.347 e. The molecule has 3 aromatic rings. The number of Topliss-reactive ketones (excluding diaryl/α,β-unsaturated/α-hetero) is 1. The smallest absolute Gasteiger partial charge is 0.289 e. The number of nitrogens with one attached hydrogen (secondary N) is 5. The molecule has 5 N–H and O–H groups in total. The number of amides is 4. The lowest BCUT2D eigenvalue weighted by Crippen LogP contribution is -2.58. The van der Waals surface area contributed by atoms with Crippen molar-refractivity contribution >= 4 is 51.5 Å². The monoisotopic (exact) mass is 779 g/mol. The van der Waals surface area contributed by atoms with Crippen molar-refractivity contribution in [2.24, 2.45) is 24.3 Å². The third-order valence-electron chi connectivity index (χ3n) is 10.6. The number of hydrogen-bond acceptors (Lipinski definition) is 10. The van der Waals surface area contributed by atoms with Crippen molar-refractivity contribution in [2.75, 3.05) is 20.1 Å². The van der Waals surface area contributed by atoms with Crippen LogP contribution in [-0.2, 0) is 31.0 Å². The number of likely N-dealkylation sites (tertiary alicyclic amines) is 1. The number of rotatable bonds is 13. The molecule has 1 unspecified atom stereocenters. The van der Waals surface area contributed by atoms with Gasteiger partial charge < -0.3 is 31.2 Å². The molecule has 3 aliphatic carbocycles. The summed E-state index contributed by atoms with van der Waals surface area (Å²) in [6.45, 7) is 9.14. The lowest BCUT2D eigenvalue weighted by atomic mass is 9.80. The molecule has 300 valence electrons. The lowest BCUT2D eigenvalue weighted by Gasteiger charge is -2.35. The number of ketones is 1. The maximum Gasteiger partial charge on any atom is 0.289 e. The van der Waals surface area contributed by atoms with Crippen LogP contribution in [0.1, 0.15) is 90.5 Å². The van der Waals surface area contributed by atoms with Crippen LogP contribution in [0.25, 0.3) is 21.7 Å². The highest BCUT2D eigenvalue weighted by molar-refractivity contribution is 7.17. The van der Waals surface area contributed by atoms with E-state index in [2.05, 4.69) is 36.3 Å². The Kier molecular flexibility index (Phi) is 14.0. The van der Waals surface area contributed by atoms with Gasteiger partial charge in [-0.05, 0) is 99.7 Å². The van der Waals surface area contributed by atoms with Gasteiger partial charge in [-0.2, -0.15) is 5.10 Å². The number of carbonyl (C=O) groups excluding carboxylic acids is 5. The molecule has 7 rings (SSSR count). The second-order valence-corrected chi connectivity index (χ2v) is 17.2. The molecule has 15 nitrogen and oxygen atoms in total. The van der Waals surface area contributed by atoms with E-state index in [1.165, 1.54) is 35.6 Å². The first kappa shape index (κ1) is 41.7. The first-order valence-electron chi connectivity index (χ1n) is 19.5. The fourth-order valence-electron chi connectivity index (χ4n) is 6.92. The molecule has 1 saturated heterocycles. The van der Waals surface area contributed by atoms with Crippen molar-refractivity contribution in [1.29, 1.82) is 0 Å². The minimum atomic E-state index is -0.879. The Balaban J connectivity index is 0.000000207. The zero-order valence-electron chi connectivity index (χ0n) is 32.9.